The Kier molecular flexibility index (Phi) is 4.82. The summed E-state index contributed by atoms with van der Waals surface area (Å²) in [4.78, 5) is 0. The summed E-state index contributed by atoms with van der Waals surface area (Å²) in [5.74, 6) is 0. The second kappa shape index (κ2) is 6.40. The van der Waals surface area contributed by atoms with Crippen molar-refractivity contribution in [1.82, 2.24) is 0 Å². The maximum atomic E-state index is 5.53. The zero-order chi connectivity index (χ0) is 10.3. The molecule has 2 saturated heterocycles. The molecule has 0 bridgehead atoms. The van der Waals surface area contributed by atoms with Crippen LogP contribution >= 0.6 is 0 Å². The molecule has 0 aromatic rings. The molecule has 5 nitrogen and oxygen atoms in total. The maximum absolute atomic E-state index is 5.53. The SMILES string of the molecule is C1CCOC(C2OCCOCCO2)OC1. The predicted molar refractivity (Wildman–Crippen MR) is 51.4 cm³/mol. The standard InChI is InChI=1S/C10H18O5/c1-2-4-13-9(12-3-1)10-14-7-5-11-6-8-15-10/h9-10H,1-8H2. The molecule has 15 heavy (non-hydrogen) atoms. The van der Waals surface area contributed by atoms with E-state index in [0.717, 1.165) is 12.8 Å². The van der Waals surface area contributed by atoms with Gasteiger partial charge in [-0.1, -0.05) is 0 Å². The van der Waals surface area contributed by atoms with Crippen LogP contribution in [0.15, 0.2) is 0 Å². The van der Waals surface area contributed by atoms with E-state index in [1.54, 1.807) is 0 Å². The molecule has 0 saturated carbocycles. The highest BCUT2D eigenvalue weighted by Crippen LogP contribution is 2.14. The van der Waals surface area contributed by atoms with Crippen LogP contribution in [0.2, 0.25) is 0 Å². The van der Waals surface area contributed by atoms with Crippen molar-refractivity contribution in [2.45, 2.75) is 25.4 Å². The van der Waals surface area contributed by atoms with Crippen molar-refractivity contribution < 1.29 is 23.7 Å². The summed E-state index contributed by atoms with van der Waals surface area (Å²) in [6.45, 7) is 3.68. The molecular weight excluding hydrogens is 200 g/mol. The molecule has 0 unspecified atom stereocenters. The van der Waals surface area contributed by atoms with Crippen LogP contribution in [0.5, 0.6) is 0 Å². The summed E-state index contributed by atoms with van der Waals surface area (Å²) < 4.78 is 27.2. The van der Waals surface area contributed by atoms with Crippen molar-refractivity contribution in [2.75, 3.05) is 39.6 Å². The maximum Gasteiger partial charge on any atom is 0.209 e. The van der Waals surface area contributed by atoms with Crippen LogP contribution < -0.4 is 0 Å². The third kappa shape index (κ3) is 3.70. The van der Waals surface area contributed by atoms with Crippen LogP contribution in [0, 0.1) is 0 Å². The lowest BCUT2D eigenvalue weighted by Gasteiger charge is -2.27. The van der Waals surface area contributed by atoms with E-state index in [9.17, 15) is 0 Å². The molecule has 0 atom stereocenters. The summed E-state index contributed by atoms with van der Waals surface area (Å²) in [7, 11) is 0. The van der Waals surface area contributed by atoms with E-state index in [1.807, 2.05) is 0 Å². The van der Waals surface area contributed by atoms with Crippen molar-refractivity contribution in [2.24, 2.45) is 0 Å². The third-order valence-electron chi connectivity index (χ3n) is 2.34. The average molecular weight is 218 g/mol. The molecule has 2 fully saturated rings. The molecule has 0 radical (unpaired) electrons. The normalized spacial score (nSPS) is 28.0. The van der Waals surface area contributed by atoms with Crippen LogP contribution in [0.4, 0.5) is 0 Å². The minimum Gasteiger partial charge on any atom is -0.377 e. The quantitative estimate of drug-likeness (QED) is 0.642. The fourth-order valence-corrected chi connectivity index (χ4v) is 1.56. The first-order valence-corrected chi connectivity index (χ1v) is 5.51. The van der Waals surface area contributed by atoms with Gasteiger partial charge in [-0.05, 0) is 12.8 Å². The Morgan fingerprint density at radius 1 is 0.533 bits per heavy atom. The molecule has 5 heteroatoms. The molecule has 0 N–H and O–H groups in total. The average Bonchev–Trinajstić information content (AvgIpc) is 2.45. The fraction of sp³-hybridized carbons (Fsp3) is 1.00. The Morgan fingerprint density at radius 2 is 1.00 bits per heavy atom. The molecule has 2 aliphatic rings. The summed E-state index contributed by atoms with van der Waals surface area (Å²) in [5, 5.41) is 0. The van der Waals surface area contributed by atoms with Crippen molar-refractivity contribution in [1.29, 1.82) is 0 Å². The van der Waals surface area contributed by atoms with Crippen molar-refractivity contribution >= 4 is 0 Å². The zero-order valence-electron chi connectivity index (χ0n) is 8.85. The van der Waals surface area contributed by atoms with E-state index in [1.165, 1.54) is 0 Å². The molecule has 0 amide bonds. The molecule has 2 rings (SSSR count). The van der Waals surface area contributed by atoms with Crippen LogP contribution in [0.3, 0.4) is 0 Å². The number of hydrogen-bond acceptors (Lipinski definition) is 5. The molecule has 0 aromatic carbocycles. The van der Waals surface area contributed by atoms with Gasteiger partial charge in [-0.25, -0.2) is 0 Å². The van der Waals surface area contributed by atoms with Crippen molar-refractivity contribution in [3.63, 3.8) is 0 Å². The third-order valence-corrected chi connectivity index (χ3v) is 2.34. The van der Waals surface area contributed by atoms with Gasteiger partial charge in [0.2, 0.25) is 12.6 Å². The van der Waals surface area contributed by atoms with Gasteiger partial charge in [0.05, 0.1) is 39.6 Å². The van der Waals surface area contributed by atoms with Gasteiger partial charge in [0.25, 0.3) is 0 Å². The van der Waals surface area contributed by atoms with Gasteiger partial charge in [-0.2, -0.15) is 0 Å². The minimum atomic E-state index is -0.410. The largest absolute Gasteiger partial charge is 0.377 e. The highest BCUT2D eigenvalue weighted by Gasteiger charge is 2.26. The molecule has 88 valence electrons. The van der Waals surface area contributed by atoms with Gasteiger partial charge < -0.3 is 23.7 Å². The van der Waals surface area contributed by atoms with Crippen molar-refractivity contribution in [3.8, 4) is 0 Å². The topological polar surface area (TPSA) is 46.2 Å². The monoisotopic (exact) mass is 218 g/mol. The lowest BCUT2D eigenvalue weighted by molar-refractivity contribution is -0.291. The number of ether oxygens (including phenoxy) is 5. The van der Waals surface area contributed by atoms with E-state index >= 15 is 0 Å². The predicted octanol–water partition coefficient (Wildman–Crippen LogP) is 0.529. The van der Waals surface area contributed by atoms with Crippen LogP contribution in [0.1, 0.15) is 12.8 Å². The Balaban J connectivity index is 1.82. The second-order valence-corrected chi connectivity index (χ2v) is 3.54. The second-order valence-electron chi connectivity index (χ2n) is 3.54. The van der Waals surface area contributed by atoms with Gasteiger partial charge in [0.1, 0.15) is 0 Å². The molecule has 0 spiro atoms. The summed E-state index contributed by atoms with van der Waals surface area (Å²) in [6.07, 6.45) is 1.27. The van der Waals surface area contributed by atoms with Gasteiger partial charge in [0.15, 0.2) is 0 Å². The lowest BCUT2D eigenvalue weighted by atomic mass is 10.3. The molecule has 2 aliphatic heterocycles. The fourth-order valence-electron chi connectivity index (χ4n) is 1.56. The Hall–Kier alpha value is -0.200. The zero-order valence-corrected chi connectivity index (χ0v) is 8.85. The van der Waals surface area contributed by atoms with E-state index in [2.05, 4.69) is 0 Å². The van der Waals surface area contributed by atoms with E-state index < -0.39 is 6.29 Å². The number of hydrogen-bond donors (Lipinski definition) is 0. The Morgan fingerprint density at radius 3 is 1.53 bits per heavy atom. The van der Waals surface area contributed by atoms with Gasteiger partial charge >= 0.3 is 0 Å². The van der Waals surface area contributed by atoms with Crippen LogP contribution in [-0.4, -0.2) is 52.2 Å². The lowest BCUT2D eigenvalue weighted by Crippen LogP contribution is -2.38. The Labute approximate surface area is 89.6 Å². The first kappa shape index (κ1) is 11.3. The van der Waals surface area contributed by atoms with Crippen LogP contribution in [0.25, 0.3) is 0 Å². The molecule has 2 heterocycles. The summed E-state index contributed by atoms with van der Waals surface area (Å²) in [5.41, 5.74) is 0. The highest BCUT2D eigenvalue weighted by atomic mass is 16.8. The van der Waals surface area contributed by atoms with Gasteiger partial charge in [0, 0.05) is 0 Å². The molecule has 0 aliphatic carbocycles. The molecular formula is C10H18O5. The summed E-state index contributed by atoms with van der Waals surface area (Å²) in [6, 6.07) is 0. The van der Waals surface area contributed by atoms with E-state index in [0.29, 0.717) is 39.6 Å². The number of rotatable bonds is 1. The van der Waals surface area contributed by atoms with Gasteiger partial charge in [-0.15, -0.1) is 0 Å². The molecule has 0 aromatic heterocycles. The highest BCUT2D eigenvalue weighted by molar-refractivity contribution is 4.57. The van der Waals surface area contributed by atoms with Gasteiger partial charge in [-0.3, -0.25) is 0 Å². The van der Waals surface area contributed by atoms with Crippen LogP contribution in [-0.2, 0) is 23.7 Å². The van der Waals surface area contributed by atoms with Crippen molar-refractivity contribution in [3.05, 3.63) is 0 Å². The first-order chi connectivity index (χ1) is 7.47. The Bertz CT molecular complexity index is 159. The summed E-state index contributed by atoms with van der Waals surface area (Å²) >= 11 is 0. The first-order valence-electron chi connectivity index (χ1n) is 5.51. The smallest absolute Gasteiger partial charge is 0.209 e. The minimum absolute atomic E-state index is 0.384. The van der Waals surface area contributed by atoms with E-state index in [-0.39, 0.29) is 6.29 Å². The van der Waals surface area contributed by atoms with E-state index in [4.69, 9.17) is 23.7 Å².